The standard InChI is InChI=1S/C12H17BrN2O2/c1-3-7-12(2,14)11(17)15-9-6-4-5-8(13)10(9)16/h4-6,16H,3,7,14H2,1-2H3,(H,15,17). The molecular formula is C12H17BrN2O2. The smallest absolute Gasteiger partial charge is 0.244 e. The van der Waals surface area contributed by atoms with Crippen molar-refractivity contribution >= 4 is 27.5 Å². The van der Waals surface area contributed by atoms with E-state index in [0.717, 1.165) is 6.42 Å². The number of phenolic OH excluding ortho intramolecular Hbond substituents is 1. The van der Waals surface area contributed by atoms with Crippen LogP contribution in [-0.2, 0) is 4.79 Å². The molecule has 1 unspecified atom stereocenters. The van der Waals surface area contributed by atoms with Gasteiger partial charge in [-0.05, 0) is 41.4 Å². The lowest BCUT2D eigenvalue weighted by Crippen LogP contribution is -2.48. The lowest BCUT2D eigenvalue weighted by atomic mass is 9.96. The van der Waals surface area contributed by atoms with Crippen molar-refractivity contribution in [1.82, 2.24) is 0 Å². The molecule has 0 saturated carbocycles. The first-order valence-corrected chi connectivity index (χ1v) is 6.25. The maximum absolute atomic E-state index is 11.9. The lowest BCUT2D eigenvalue weighted by molar-refractivity contribution is -0.120. The van der Waals surface area contributed by atoms with E-state index in [0.29, 0.717) is 16.6 Å². The minimum absolute atomic E-state index is 0.00754. The molecular weight excluding hydrogens is 284 g/mol. The number of amides is 1. The number of halogens is 1. The van der Waals surface area contributed by atoms with Gasteiger partial charge in [-0.3, -0.25) is 4.79 Å². The van der Waals surface area contributed by atoms with Crippen LogP contribution in [0.15, 0.2) is 22.7 Å². The Kier molecular flexibility index (Phi) is 4.54. The minimum Gasteiger partial charge on any atom is -0.505 e. The van der Waals surface area contributed by atoms with Gasteiger partial charge < -0.3 is 16.2 Å². The summed E-state index contributed by atoms with van der Waals surface area (Å²) in [5.74, 6) is -0.291. The molecule has 4 N–H and O–H groups in total. The number of aromatic hydroxyl groups is 1. The monoisotopic (exact) mass is 300 g/mol. The van der Waals surface area contributed by atoms with Crippen molar-refractivity contribution in [3.05, 3.63) is 22.7 Å². The van der Waals surface area contributed by atoms with Gasteiger partial charge in [0.2, 0.25) is 5.91 Å². The van der Waals surface area contributed by atoms with Gasteiger partial charge in [0.15, 0.2) is 5.75 Å². The van der Waals surface area contributed by atoms with E-state index >= 15 is 0 Å². The number of carbonyl (C=O) groups excluding carboxylic acids is 1. The molecule has 0 radical (unpaired) electrons. The van der Waals surface area contributed by atoms with Crippen LogP contribution in [0.25, 0.3) is 0 Å². The Morgan fingerprint density at radius 3 is 2.82 bits per heavy atom. The third kappa shape index (κ3) is 3.44. The molecule has 1 rings (SSSR count). The van der Waals surface area contributed by atoms with E-state index in [-0.39, 0.29) is 11.7 Å². The lowest BCUT2D eigenvalue weighted by Gasteiger charge is -2.23. The number of para-hydroxylation sites is 1. The van der Waals surface area contributed by atoms with Crippen LogP contribution in [0.3, 0.4) is 0 Å². The van der Waals surface area contributed by atoms with Crippen LogP contribution in [0.2, 0.25) is 0 Å². The quantitative estimate of drug-likeness (QED) is 0.748. The Labute approximate surface area is 109 Å². The van der Waals surface area contributed by atoms with Gasteiger partial charge in [-0.15, -0.1) is 0 Å². The second-order valence-electron chi connectivity index (χ2n) is 4.26. The summed E-state index contributed by atoms with van der Waals surface area (Å²) in [5, 5.41) is 12.4. The Balaban J connectivity index is 2.85. The molecule has 5 heteroatoms. The minimum atomic E-state index is -0.927. The topological polar surface area (TPSA) is 75.4 Å². The maximum atomic E-state index is 11.9. The molecule has 1 atom stereocenters. The average molecular weight is 301 g/mol. The first-order valence-electron chi connectivity index (χ1n) is 5.46. The normalized spacial score (nSPS) is 14.1. The van der Waals surface area contributed by atoms with Crippen LogP contribution >= 0.6 is 15.9 Å². The van der Waals surface area contributed by atoms with Crippen molar-refractivity contribution in [2.24, 2.45) is 5.73 Å². The number of nitrogens with two attached hydrogens (primary N) is 1. The number of benzene rings is 1. The number of rotatable bonds is 4. The summed E-state index contributed by atoms with van der Waals surface area (Å²) >= 11 is 3.18. The van der Waals surface area contributed by atoms with Crippen LogP contribution in [0.1, 0.15) is 26.7 Å². The second kappa shape index (κ2) is 5.51. The van der Waals surface area contributed by atoms with Gasteiger partial charge >= 0.3 is 0 Å². The molecule has 0 aromatic heterocycles. The molecule has 94 valence electrons. The summed E-state index contributed by atoms with van der Waals surface area (Å²) in [4.78, 5) is 11.9. The largest absolute Gasteiger partial charge is 0.505 e. The molecule has 0 aliphatic rings. The highest BCUT2D eigenvalue weighted by Gasteiger charge is 2.27. The highest BCUT2D eigenvalue weighted by molar-refractivity contribution is 9.10. The fourth-order valence-corrected chi connectivity index (χ4v) is 1.88. The number of carbonyl (C=O) groups is 1. The fourth-order valence-electron chi connectivity index (χ4n) is 1.51. The van der Waals surface area contributed by atoms with Crippen molar-refractivity contribution in [1.29, 1.82) is 0 Å². The molecule has 1 amide bonds. The molecule has 1 aromatic carbocycles. The SMILES string of the molecule is CCCC(C)(N)C(=O)Nc1cccc(Br)c1O. The number of anilines is 1. The molecule has 0 spiro atoms. The first-order chi connectivity index (χ1) is 7.88. The van der Waals surface area contributed by atoms with Crippen molar-refractivity contribution < 1.29 is 9.90 Å². The van der Waals surface area contributed by atoms with E-state index in [9.17, 15) is 9.90 Å². The molecule has 0 fully saturated rings. The molecule has 0 bridgehead atoms. The summed E-state index contributed by atoms with van der Waals surface area (Å²) in [6.07, 6.45) is 1.42. The Bertz CT molecular complexity index is 419. The summed E-state index contributed by atoms with van der Waals surface area (Å²) in [6.45, 7) is 3.65. The van der Waals surface area contributed by atoms with E-state index in [1.54, 1.807) is 25.1 Å². The zero-order chi connectivity index (χ0) is 13.1. The van der Waals surface area contributed by atoms with Crippen molar-refractivity contribution in [2.75, 3.05) is 5.32 Å². The van der Waals surface area contributed by atoms with Crippen molar-refractivity contribution in [3.63, 3.8) is 0 Å². The number of hydrogen-bond acceptors (Lipinski definition) is 3. The number of nitrogens with one attached hydrogen (secondary N) is 1. The Hall–Kier alpha value is -1.07. The summed E-state index contributed by atoms with van der Waals surface area (Å²) in [6, 6.07) is 5.05. The molecule has 0 aliphatic carbocycles. The third-order valence-corrected chi connectivity index (χ3v) is 3.16. The van der Waals surface area contributed by atoms with Crippen LogP contribution in [-0.4, -0.2) is 16.6 Å². The summed E-state index contributed by atoms with van der Waals surface area (Å²) in [7, 11) is 0. The van der Waals surface area contributed by atoms with Crippen molar-refractivity contribution in [2.45, 2.75) is 32.2 Å². The predicted octanol–water partition coefficient (Wildman–Crippen LogP) is 2.61. The van der Waals surface area contributed by atoms with Gasteiger partial charge in [0.25, 0.3) is 0 Å². The molecule has 1 aromatic rings. The second-order valence-corrected chi connectivity index (χ2v) is 5.11. The average Bonchev–Trinajstić information content (AvgIpc) is 2.24. The van der Waals surface area contributed by atoms with Crippen LogP contribution in [0.4, 0.5) is 5.69 Å². The van der Waals surface area contributed by atoms with Gasteiger partial charge in [-0.25, -0.2) is 0 Å². The molecule has 0 saturated heterocycles. The molecule has 0 aliphatic heterocycles. The Morgan fingerprint density at radius 1 is 1.59 bits per heavy atom. The van der Waals surface area contributed by atoms with Crippen molar-refractivity contribution in [3.8, 4) is 5.75 Å². The van der Waals surface area contributed by atoms with Crippen LogP contribution in [0, 0.1) is 0 Å². The van der Waals surface area contributed by atoms with Gasteiger partial charge in [-0.2, -0.15) is 0 Å². The Morgan fingerprint density at radius 2 is 2.24 bits per heavy atom. The highest BCUT2D eigenvalue weighted by atomic mass is 79.9. The number of hydrogen-bond donors (Lipinski definition) is 3. The van der Waals surface area contributed by atoms with Crippen LogP contribution < -0.4 is 11.1 Å². The number of phenols is 1. The van der Waals surface area contributed by atoms with Gasteiger partial charge in [0, 0.05) is 0 Å². The molecule has 4 nitrogen and oxygen atoms in total. The molecule has 17 heavy (non-hydrogen) atoms. The first kappa shape index (κ1) is 14.0. The molecule has 0 heterocycles. The zero-order valence-corrected chi connectivity index (χ0v) is 11.5. The van der Waals surface area contributed by atoms with E-state index in [4.69, 9.17) is 5.73 Å². The zero-order valence-electron chi connectivity index (χ0n) is 9.96. The van der Waals surface area contributed by atoms with Gasteiger partial charge in [-0.1, -0.05) is 19.4 Å². The van der Waals surface area contributed by atoms with E-state index < -0.39 is 5.54 Å². The third-order valence-electron chi connectivity index (χ3n) is 2.52. The maximum Gasteiger partial charge on any atom is 0.244 e. The van der Waals surface area contributed by atoms with E-state index in [1.165, 1.54) is 0 Å². The van der Waals surface area contributed by atoms with Crippen LogP contribution in [0.5, 0.6) is 5.75 Å². The van der Waals surface area contributed by atoms with Gasteiger partial charge in [0.1, 0.15) is 0 Å². The summed E-state index contributed by atoms with van der Waals surface area (Å²) in [5.41, 5.74) is 5.33. The highest BCUT2D eigenvalue weighted by Crippen LogP contribution is 2.32. The fraction of sp³-hybridized carbons (Fsp3) is 0.417. The van der Waals surface area contributed by atoms with Gasteiger partial charge in [0.05, 0.1) is 15.7 Å². The predicted molar refractivity (Wildman–Crippen MR) is 71.9 cm³/mol. The van der Waals surface area contributed by atoms with E-state index in [1.807, 2.05) is 6.92 Å². The summed E-state index contributed by atoms with van der Waals surface area (Å²) < 4.78 is 0.532. The van der Waals surface area contributed by atoms with E-state index in [2.05, 4.69) is 21.2 Å².